The monoisotopic (exact) mass is 862 g/mol. The van der Waals surface area contributed by atoms with Gasteiger partial charge in [-0.05, 0) is 57.4 Å². The molecule has 4 amide bonds. The normalized spacial score (nSPS) is 18.6. The summed E-state index contributed by atoms with van der Waals surface area (Å²) in [6.07, 6.45) is -0.179. The van der Waals surface area contributed by atoms with Crippen molar-refractivity contribution < 1.29 is 60.3 Å². The number of ether oxygens (including phenoxy) is 1. The molecule has 4 rings (SSSR count). The van der Waals surface area contributed by atoms with E-state index in [0.717, 1.165) is 6.42 Å². The standard InChI is InChI=1S/C44H55F5N4O8/c1-23(2)18-26(41(58)30(54)16-17-32(56)51-39(42(50)59)24-12-8-6-9-13-24)19-31(55)29-20-27(61-44(3,4)5)22-53(29)43(60)40(25-14-10-7-11-15-25)52-33(57)21-28-34(45)36(47)38(49)37(48)35(28)46/h6,8-9,12-13,23,25-27,29,39-40H,7,10-11,14-22H2,1-5H3,(H2,50,59)(H,51,56)(H,52,57)/t26?,27-,29+,39+,40+/m1/s1. The van der Waals surface area contributed by atoms with Gasteiger partial charge in [0.05, 0.1) is 24.2 Å². The van der Waals surface area contributed by atoms with E-state index >= 15 is 0 Å². The molecule has 2 fully saturated rings. The molecule has 2 aromatic carbocycles. The summed E-state index contributed by atoms with van der Waals surface area (Å²) < 4.78 is 77.0. The lowest BCUT2D eigenvalue weighted by Gasteiger charge is -2.35. The molecule has 0 radical (unpaired) electrons. The van der Waals surface area contributed by atoms with Gasteiger partial charge >= 0.3 is 0 Å². The number of ketones is 3. The van der Waals surface area contributed by atoms with Crippen LogP contribution in [-0.2, 0) is 44.7 Å². The topological polar surface area (TPSA) is 182 Å². The van der Waals surface area contributed by atoms with Crippen LogP contribution in [0.2, 0.25) is 0 Å². The largest absolute Gasteiger partial charge is 0.371 e. The van der Waals surface area contributed by atoms with Crippen LogP contribution in [0.25, 0.3) is 0 Å². The number of hydrogen-bond acceptors (Lipinski definition) is 8. The highest BCUT2D eigenvalue weighted by Gasteiger charge is 2.46. The second-order valence-corrected chi connectivity index (χ2v) is 17.4. The number of rotatable bonds is 19. The van der Waals surface area contributed by atoms with Crippen molar-refractivity contribution in [2.45, 2.75) is 135 Å². The highest BCUT2D eigenvalue weighted by atomic mass is 19.2. The average Bonchev–Trinajstić information content (AvgIpc) is 3.63. The summed E-state index contributed by atoms with van der Waals surface area (Å²) in [5.41, 5.74) is 3.81. The number of amides is 4. The Hall–Kier alpha value is -5.06. The quantitative estimate of drug-likeness (QED) is 0.0701. The number of nitrogens with zero attached hydrogens (tertiary/aromatic N) is 1. The van der Waals surface area contributed by atoms with Gasteiger partial charge in [0.1, 0.15) is 12.1 Å². The molecule has 1 unspecified atom stereocenters. The molecule has 1 heterocycles. The zero-order valence-corrected chi connectivity index (χ0v) is 35.1. The molecule has 61 heavy (non-hydrogen) atoms. The first-order valence-electron chi connectivity index (χ1n) is 20.6. The number of benzene rings is 2. The number of halogens is 5. The first-order valence-corrected chi connectivity index (χ1v) is 20.6. The zero-order valence-electron chi connectivity index (χ0n) is 35.1. The Bertz CT molecular complexity index is 1940. The summed E-state index contributed by atoms with van der Waals surface area (Å²) in [4.78, 5) is 95.3. The predicted molar refractivity (Wildman–Crippen MR) is 212 cm³/mol. The number of nitrogens with two attached hydrogens (primary N) is 1. The van der Waals surface area contributed by atoms with Gasteiger partial charge in [0.2, 0.25) is 35.2 Å². The number of nitrogens with one attached hydrogen (secondary N) is 2. The molecule has 2 aliphatic rings. The van der Waals surface area contributed by atoms with Gasteiger partial charge in [-0.2, -0.15) is 0 Å². The van der Waals surface area contributed by atoms with Crippen molar-refractivity contribution in [3.05, 3.63) is 70.5 Å². The van der Waals surface area contributed by atoms with Crippen LogP contribution in [0, 0.1) is 46.8 Å². The van der Waals surface area contributed by atoms with E-state index in [1.165, 1.54) is 4.90 Å². The molecular weight excluding hydrogens is 807 g/mol. The fraction of sp³-hybridized carbons (Fsp3) is 0.568. The van der Waals surface area contributed by atoms with Crippen molar-refractivity contribution in [3.63, 3.8) is 0 Å². The first-order chi connectivity index (χ1) is 28.6. The number of carbonyl (C=O) groups excluding carboxylic acids is 7. The smallest absolute Gasteiger partial charge is 0.246 e. The molecule has 4 N–H and O–H groups in total. The van der Waals surface area contributed by atoms with Crippen molar-refractivity contribution in [2.75, 3.05) is 6.54 Å². The van der Waals surface area contributed by atoms with Crippen LogP contribution >= 0.6 is 0 Å². The van der Waals surface area contributed by atoms with Crippen LogP contribution in [-0.4, -0.2) is 76.2 Å². The predicted octanol–water partition coefficient (Wildman–Crippen LogP) is 5.66. The Morgan fingerprint density at radius 2 is 1.41 bits per heavy atom. The van der Waals surface area contributed by atoms with E-state index in [2.05, 4.69) is 10.6 Å². The number of primary amides is 1. The van der Waals surface area contributed by atoms with Crippen molar-refractivity contribution in [1.82, 2.24) is 15.5 Å². The third-order valence-electron chi connectivity index (χ3n) is 10.9. The van der Waals surface area contributed by atoms with Crippen LogP contribution in [0.15, 0.2) is 30.3 Å². The van der Waals surface area contributed by atoms with Crippen molar-refractivity contribution in [3.8, 4) is 0 Å². The molecule has 1 saturated heterocycles. The van der Waals surface area contributed by atoms with Gasteiger partial charge in [-0.1, -0.05) is 63.4 Å². The van der Waals surface area contributed by atoms with Crippen molar-refractivity contribution in [1.29, 1.82) is 0 Å². The molecule has 1 aliphatic carbocycles. The van der Waals surface area contributed by atoms with Gasteiger partial charge in [-0.25, -0.2) is 22.0 Å². The molecule has 12 nitrogen and oxygen atoms in total. The van der Waals surface area contributed by atoms with Gasteiger partial charge in [0.25, 0.3) is 0 Å². The summed E-state index contributed by atoms with van der Waals surface area (Å²) in [6.45, 7) is 8.79. The molecule has 5 atom stereocenters. The van der Waals surface area contributed by atoms with E-state index in [-0.39, 0.29) is 25.3 Å². The van der Waals surface area contributed by atoms with Gasteiger partial charge in [-0.3, -0.25) is 33.6 Å². The first kappa shape index (κ1) is 48.6. The molecule has 0 spiro atoms. The molecule has 0 bridgehead atoms. The summed E-state index contributed by atoms with van der Waals surface area (Å²) >= 11 is 0. The molecule has 1 saturated carbocycles. The Labute approximate surface area is 351 Å². The maximum absolute atomic E-state index is 14.6. The number of hydrogen-bond donors (Lipinski definition) is 3. The van der Waals surface area contributed by atoms with Crippen LogP contribution in [0.3, 0.4) is 0 Å². The highest BCUT2D eigenvalue weighted by Crippen LogP contribution is 2.33. The second kappa shape index (κ2) is 21.1. The Balaban J connectivity index is 1.55. The third kappa shape index (κ3) is 13.0. The number of Topliss-reactive ketones (excluding diaryl/α,β-unsaturated/α-hetero) is 3. The molecule has 2 aromatic rings. The summed E-state index contributed by atoms with van der Waals surface area (Å²) in [5.74, 6) is -18.8. The van der Waals surface area contributed by atoms with Gasteiger partial charge < -0.3 is 26.0 Å². The second-order valence-electron chi connectivity index (χ2n) is 17.4. The van der Waals surface area contributed by atoms with Gasteiger partial charge in [-0.15, -0.1) is 0 Å². The lowest BCUT2D eigenvalue weighted by molar-refractivity contribution is -0.144. The fourth-order valence-electron chi connectivity index (χ4n) is 8.16. The number of carbonyl (C=O) groups is 7. The fourth-order valence-corrected chi connectivity index (χ4v) is 8.16. The summed E-state index contributed by atoms with van der Waals surface area (Å²) in [7, 11) is 0. The Kier molecular flexibility index (Phi) is 16.9. The van der Waals surface area contributed by atoms with E-state index in [4.69, 9.17) is 10.5 Å². The molecule has 17 heteroatoms. The van der Waals surface area contributed by atoms with Gasteiger partial charge in [0.15, 0.2) is 34.8 Å². The van der Waals surface area contributed by atoms with Crippen LogP contribution in [0.4, 0.5) is 22.0 Å². The minimum Gasteiger partial charge on any atom is -0.371 e. The SMILES string of the molecule is CC(C)CC(CC(=O)[C@@H]1C[C@@H](OC(C)(C)C)CN1C(=O)[C@@H](NC(=O)Cc1c(F)c(F)c(F)c(F)c1F)C1CCCCC1)C(=O)C(=O)CCC(=O)N[C@H](C(N)=O)c1ccccc1. The van der Waals surface area contributed by atoms with Crippen molar-refractivity contribution >= 4 is 41.0 Å². The maximum atomic E-state index is 14.6. The lowest BCUT2D eigenvalue weighted by atomic mass is 9.82. The molecule has 1 aliphatic heterocycles. The lowest BCUT2D eigenvalue weighted by Crippen LogP contribution is -2.55. The number of likely N-dealkylation sites (tertiary alicyclic amines) is 1. The van der Waals surface area contributed by atoms with E-state index in [0.29, 0.717) is 31.2 Å². The highest BCUT2D eigenvalue weighted by molar-refractivity contribution is 6.38. The van der Waals surface area contributed by atoms with Crippen LogP contribution < -0.4 is 16.4 Å². The van der Waals surface area contributed by atoms with E-state index in [1.54, 1.807) is 65.0 Å². The minimum atomic E-state index is -2.38. The summed E-state index contributed by atoms with van der Waals surface area (Å²) in [6, 6.07) is 4.49. The maximum Gasteiger partial charge on any atom is 0.246 e. The zero-order chi connectivity index (χ0) is 45.3. The van der Waals surface area contributed by atoms with E-state index < -0.39 is 143 Å². The molecule has 0 aromatic heterocycles. The molecule has 334 valence electrons. The Morgan fingerprint density at radius 3 is 1.97 bits per heavy atom. The van der Waals surface area contributed by atoms with Crippen molar-refractivity contribution in [2.24, 2.45) is 23.5 Å². The molecular formula is C44H55F5N4O8. The summed E-state index contributed by atoms with van der Waals surface area (Å²) in [5, 5.41) is 4.96. The van der Waals surface area contributed by atoms with Crippen LogP contribution in [0.5, 0.6) is 0 Å². The third-order valence-corrected chi connectivity index (χ3v) is 10.9. The van der Waals surface area contributed by atoms with E-state index in [1.807, 2.05) is 0 Å². The Morgan fingerprint density at radius 1 is 0.820 bits per heavy atom. The average molecular weight is 863 g/mol. The minimum absolute atomic E-state index is 0.00309. The van der Waals surface area contributed by atoms with E-state index in [9.17, 15) is 55.5 Å². The van der Waals surface area contributed by atoms with Crippen LogP contribution in [0.1, 0.15) is 116 Å². The van der Waals surface area contributed by atoms with Gasteiger partial charge in [0, 0.05) is 43.7 Å².